The maximum absolute atomic E-state index is 12.8. The Hall–Kier alpha value is -4.04. The number of nitrogens with one attached hydrogen (secondary N) is 1. The molecule has 2 N–H and O–H groups in total. The number of piperidine rings is 2. The van der Waals surface area contributed by atoms with Crippen molar-refractivity contribution in [2.24, 2.45) is 0 Å². The van der Waals surface area contributed by atoms with E-state index in [0.717, 1.165) is 13.1 Å². The average molecular weight is 609 g/mol. The summed E-state index contributed by atoms with van der Waals surface area (Å²) in [6.07, 6.45) is 6.09. The highest BCUT2D eigenvalue weighted by atomic mass is 32.2. The van der Waals surface area contributed by atoms with E-state index in [1.807, 2.05) is 24.3 Å². The van der Waals surface area contributed by atoms with Gasteiger partial charge in [-0.25, -0.2) is 14.5 Å². The molecule has 5 rings (SSSR count). The maximum atomic E-state index is 12.8. The number of aryl methyl sites for hydroxylation is 1. The number of carboxylic acid groups (broad SMARTS) is 1. The number of rotatable bonds is 10. The van der Waals surface area contributed by atoms with Crippen LogP contribution < -0.4 is 10.1 Å². The number of thioether (sulfide) groups is 1. The number of anilines is 1. The molecule has 0 saturated carbocycles. The van der Waals surface area contributed by atoms with Crippen molar-refractivity contribution in [3.8, 4) is 5.88 Å². The van der Waals surface area contributed by atoms with Gasteiger partial charge in [0.15, 0.2) is 0 Å². The zero-order valence-corrected chi connectivity index (χ0v) is 24.9. The molecule has 13 nitrogen and oxygen atoms in total. The number of carboxylic acids is 1. The lowest BCUT2D eigenvalue weighted by Crippen LogP contribution is -2.41. The summed E-state index contributed by atoms with van der Waals surface area (Å²) >= 11 is 1.49. The van der Waals surface area contributed by atoms with Crippen LogP contribution in [0.1, 0.15) is 61.4 Å². The van der Waals surface area contributed by atoms with Gasteiger partial charge < -0.3 is 20.1 Å². The number of ether oxygens (including phenoxy) is 1. The fourth-order valence-corrected chi connectivity index (χ4v) is 6.27. The number of tetrazole rings is 1. The van der Waals surface area contributed by atoms with E-state index in [2.05, 4.69) is 37.6 Å². The SMILES string of the molecule is CC1CCCCN1Cc1ccc(C(=O)Nc2ccc(OC(=O)N3CCC(Sc4nnnn4CCC(=O)O)CC3)nc2)cc1. The Labute approximate surface area is 254 Å². The van der Waals surface area contributed by atoms with Crippen LogP contribution in [0, 0.1) is 0 Å². The van der Waals surface area contributed by atoms with Crippen LogP contribution in [-0.4, -0.2) is 89.0 Å². The van der Waals surface area contributed by atoms with Crippen molar-refractivity contribution < 1.29 is 24.2 Å². The average Bonchev–Trinajstić information content (AvgIpc) is 3.45. The van der Waals surface area contributed by atoms with Gasteiger partial charge in [0, 0.05) is 42.6 Å². The smallest absolute Gasteiger partial charge is 0.416 e. The van der Waals surface area contributed by atoms with E-state index in [0.29, 0.717) is 48.4 Å². The largest absolute Gasteiger partial charge is 0.481 e. The molecule has 43 heavy (non-hydrogen) atoms. The summed E-state index contributed by atoms with van der Waals surface area (Å²) in [6, 6.07) is 11.5. The molecule has 4 heterocycles. The third kappa shape index (κ3) is 8.51. The third-order valence-electron chi connectivity index (χ3n) is 7.74. The lowest BCUT2D eigenvalue weighted by molar-refractivity contribution is -0.137. The summed E-state index contributed by atoms with van der Waals surface area (Å²) in [5.41, 5.74) is 2.25. The summed E-state index contributed by atoms with van der Waals surface area (Å²) < 4.78 is 6.95. The quantitative estimate of drug-likeness (QED) is 0.344. The summed E-state index contributed by atoms with van der Waals surface area (Å²) in [7, 11) is 0. The van der Waals surface area contributed by atoms with Crippen LogP contribution in [0.3, 0.4) is 0 Å². The molecule has 0 radical (unpaired) electrons. The van der Waals surface area contributed by atoms with Gasteiger partial charge in [-0.2, -0.15) is 0 Å². The number of carbonyl (C=O) groups excluding carboxylic acids is 2. The molecule has 1 aromatic carbocycles. The van der Waals surface area contributed by atoms with Crippen LogP contribution in [0.5, 0.6) is 5.88 Å². The van der Waals surface area contributed by atoms with Gasteiger partial charge in [-0.15, -0.1) is 5.10 Å². The van der Waals surface area contributed by atoms with Gasteiger partial charge in [0.2, 0.25) is 11.0 Å². The first-order valence-electron chi connectivity index (χ1n) is 14.6. The van der Waals surface area contributed by atoms with Gasteiger partial charge in [-0.3, -0.25) is 14.5 Å². The van der Waals surface area contributed by atoms with Gasteiger partial charge >= 0.3 is 12.1 Å². The monoisotopic (exact) mass is 608 g/mol. The van der Waals surface area contributed by atoms with E-state index in [-0.39, 0.29) is 30.0 Å². The predicted molar refractivity (Wildman–Crippen MR) is 159 cm³/mol. The van der Waals surface area contributed by atoms with E-state index >= 15 is 0 Å². The molecule has 1 atom stereocenters. The van der Waals surface area contributed by atoms with Crippen molar-refractivity contribution in [2.45, 2.75) is 75.0 Å². The fraction of sp³-hybridized carbons (Fsp3) is 0.483. The van der Waals surface area contributed by atoms with Gasteiger partial charge in [0.1, 0.15) is 0 Å². The van der Waals surface area contributed by atoms with Crippen molar-refractivity contribution >= 4 is 35.4 Å². The summed E-state index contributed by atoms with van der Waals surface area (Å²) in [6.45, 7) is 5.48. The topological polar surface area (TPSA) is 156 Å². The first-order chi connectivity index (χ1) is 20.8. The zero-order chi connectivity index (χ0) is 30.2. The zero-order valence-electron chi connectivity index (χ0n) is 24.1. The number of aromatic nitrogens is 5. The number of pyridine rings is 1. The standard InChI is InChI=1S/C29H36N8O5S/c1-20-4-2-3-14-36(20)19-21-5-7-22(8-6-21)27(40)31-23-9-10-25(30-18-23)42-29(41)35-15-11-24(12-16-35)43-28-32-33-34-37(28)17-13-26(38)39/h5-10,18,20,24H,2-4,11-17,19H2,1H3,(H,31,40)(H,38,39). The number of hydrogen-bond donors (Lipinski definition) is 2. The molecule has 2 amide bonds. The van der Waals surface area contributed by atoms with Crippen LogP contribution in [-0.2, 0) is 17.9 Å². The molecule has 3 aromatic rings. The van der Waals surface area contributed by atoms with Crippen molar-refractivity contribution in [2.75, 3.05) is 25.0 Å². The fourth-order valence-electron chi connectivity index (χ4n) is 5.19. The molecular formula is C29H36N8O5S. The summed E-state index contributed by atoms with van der Waals surface area (Å²) in [5, 5.41) is 24.0. The molecule has 228 valence electrons. The maximum Gasteiger partial charge on any atom is 0.416 e. The second-order valence-electron chi connectivity index (χ2n) is 10.9. The molecule has 2 fully saturated rings. The minimum atomic E-state index is -0.911. The second kappa shape index (κ2) is 14.4. The van der Waals surface area contributed by atoms with Crippen molar-refractivity contribution in [1.82, 2.24) is 35.0 Å². The number of nitrogens with zero attached hydrogens (tertiary/aromatic N) is 7. The van der Waals surface area contributed by atoms with Crippen LogP contribution in [0.4, 0.5) is 10.5 Å². The van der Waals surface area contributed by atoms with E-state index in [1.54, 1.807) is 17.0 Å². The lowest BCUT2D eigenvalue weighted by atomic mass is 10.0. The molecule has 2 saturated heterocycles. The normalized spacial score (nSPS) is 17.9. The summed E-state index contributed by atoms with van der Waals surface area (Å²) in [4.78, 5) is 44.6. The van der Waals surface area contributed by atoms with Crippen LogP contribution >= 0.6 is 11.8 Å². The van der Waals surface area contributed by atoms with E-state index in [1.165, 1.54) is 47.5 Å². The molecule has 1 unspecified atom stereocenters. The number of carbonyl (C=O) groups is 3. The highest BCUT2D eigenvalue weighted by Gasteiger charge is 2.27. The Morgan fingerprint density at radius 3 is 2.53 bits per heavy atom. The van der Waals surface area contributed by atoms with Crippen molar-refractivity contribution in [1.29, 1.82) is 0 Å². The summed E-state index contributed by atoms with van der Waals surface area (Å²) in [5.74, 6) is -1.000. The Bertz CT molecular complexity index is 1390. The number of hydrogen-bond acceptors (Lipinski definition) is 10. The van der Waals surface area contributed by atoms with E-state index in [4.69, 9.17) is 9.84 Å². The lowest BCUT2D eigenvalue weighted by Gasteiger charge is -2.33. The third-order valence-corrected chi connectivity index (χ3v) is 9.05. The van der Waals surface area contributed by atoms with Crippen LogP contribution in [0.2, 0.25) is 0 Å². The van der Waals surface area contributed by atoms with E-state index in [9.17, 15) is 14.4 Å². The highest BCUT2D eigenvalue weighted by Crippen LogP contribution is 2.29. The predicted octanol–water partition coefficient (Wildman–Crippen LogP) is 3.93. The minimum absolute atomic E-state index is 0.0589. The first-order valence-corrected chi connectivity index (χ1v) is 15.4. The molecule has 2 aliphatic heterocycles. The molecule has 0 bridgehead atoms. The Morgan fingerprint density at radius 1 is 1.05 bits per heavy atom. The van der Waals surface area contributed by atoms with Crippen molar-refractivity contribution in [3.05, 3.63) is 53.7 Å². The molecule has 2 aliphatic rings. The van der Waals surface area contributed by atoms with Crippen LogP contribution in [0.25, 0.3) is 0 Å². The molecule has 0 spiro atoms. The first kappa shape index (κ1) is 30.4. The molecule has 0 aliphatic carbocycles. The van der Waals surface area contributed by atoms with Gasteiger partial charge in [0.25, 0.3) is 5.91 Å². The Balaban J connectivity index is 1.05. The second-order valence-corrected chi connectivity index (χ2v) is 12.1. The van der Waals surface area contributed by atoms with E-state index < -0.39 is 12.1 Å². The van der Waals surface area contributed by atoms with Gasteiger partial charge in [0.05, 0.1) is 24.8 Å². The highest BCUT2D eigenvalue weighted by molar-refractivity contribution is 7.99. The Morgan fingerprint density at radius 2 is 1.84 bits per heavy atom. The number of benzene rings is 1. The number of amides is 2. The Kier molecular flexibility index (Phi) is 10.2. The van der Waals surface area contributed by atoms with Crippen LogP contribution in [0.15, 0.2) is 47.8 Å². The van der Waals surface area contributed by atoms with Gasteiger partial charge in [-0.05, 0) is 73.3 Å². The molecule has 14 heteroatoms. The number of aliphatic carboxylic acids is 1. The molecule has 2 aromatic heterocycles. The van der Waals surface area contributed by atoms with Crippen molar-refractivity contribution in [3.63, 3.8) is 0 Å². The molecular weight excluding hydrogens is 572 g/mol. The number of likely N-dealkylation sites (tertiary alicyclic amines) is 2. The van der Waals surface area contributed by atoms with Gasteiger partial charge in [-0.1, -0.05) is 30.3 Å². The minimum Gasteiger partial charge on any atom is -0.481 e.